The van der Waals surface area contributed by atoms with Crippen molar-refractivity contribution in [3.8, 4) is 0 Å². The van der Waals surface area contributed by atoms with Gasteiger partial charge in [0.15, 0.2) is 11.6 Å². The molecule has 0 N–H and O–H groups in total. The zero-order valence-electron chi connectivity index (χ0n) is 11.1. The Labute approximate surface area is 103 Å². The Bertz CT molecular complexity index is 298. The van der Waals surface area contributed by atoms with Crippen molar-refractivity contribution in [1.29, 1.82) is 0 Å². The maximum atomic E-state index is 5.92. The van der Waals surface area contributed by atoms with Gasteiger partial charge < -0.3 is 18.9 Å². The Morgan fingerprint density at radius 3 is 2.35 bits per heavy atom. The summed E-state index contributed by atoms with van der Waals surface area (Å²) in [6.07, 6.45) is 2.43. The van der Waals surface area contributed by atoms with Crippen LogP contribution in [0, 0.1) is 0 Å². The van der Waals surface area contributed by atoms with E-state index in [2.05, 4.69) is 6.58 Å². The predicted molar refractivity (Wildman–Crippen MR) is 63.5 cm³/mol. The second kappa shape index (κ2) is 4.35. The lowest BCUT2D eigenvalue weighted by Crippen LogP contribution is -2.38. The van der Waals surface area contributed by atoms with E-state index in [4.69, 9.17) is 18.9 Å². The molecule has 4 nitrogen and oxygen atoms in total. The van der Waals surface area contributed by atoms with Crippen LogP contribution in [0.5, 0.6) is 0 Å². The van der Waals surface area contributed by atoms with Gasteiger partial charge in [0.1, 0.15) is 12.2 Å². The predicted octanol–water partition coefficient (Wildman–Crippen LogP) is 2.23. The fourth-order valence-corrected chi connectivity index (χ4v) is 2.40. The van der Waals surface area contributed by atoms with Crippen LogP contribution in [0.1, 0.15) is 34.1 Å². The first-order valence-corrected chi connectivity index (χ1v) is 6.11. The molecular formula is C13H22O4. The lowest BCUT2D eigenvalue weighted by molar-refractivity contribution is -0.174. The smallest absolute Gasteiger partial charge is 0.163 e. The van der Waals surface area contributed by atoms with Crippen LogP contribution in [0.15, 0.2) is 12.7 Å². The van der Waals surface area contributed by atoms with Gasteiger partial charge in [-0.25, -0.2) is 0 Å². The lowest BCUT2D eigenvalue weighted by atomic mass is 10.1. The van der Waals surface area contributed by atoms with Gasteiger partial charge >= 0.3 is 0 Å². The van der Waals surface area contributed by atoms with Gasteiger partial charge in [0.05, 0.1) is 12.7 Å². The maximum Gasteiger partial charge on any atom is 0.163 e. The Kier molecular flexibility index (Phi) is 3.34. The third-order valence-corrected chi connectivity index (χ3v) is 3.02. The molecule has 2 aliphatic rings. The standard InChI is InChI=1S/C13H22O4/c1-6-7-9-11(17-13(4,5)15-9)10-8-14-12(2,3)16-10/h6,9-11H,1,7-8H2,2-5H3/t9-,10-,11+/m1/s1. The summed E-state index contributed by atoms with van der Waals surface area (Å²) in [5, 5.41) is 0. The van der Waals surface area contributed by atoms with Gasteiger partial charge in [-0.15, -0.1) is 6.58 Å². The number of hydrogen-bond acceptors (Lipinski definition) is 4. The third-order valence-electron chi connectivity index (χ3n) is 3.02. The van der Waals surface area contributed by atoms with Crippen LogP contribution in [0.25, 0.3) is 0 Å². The van der Waals surface area contributed by atoms with E-state index in [1.807, 2.05) is 33.8 Å². The summed E-state index contributed by atoms with van der Waals surface area (Å²) >= 11 is 0. The molecule has 2 saturated heterocycles. The van der Waals surface area contributed by atoms with Crippen molar-refractivity contribution >= 4 is 0 Å². The molecule has 0 aliphatic carbocycles. The van der Waals surface area contributed by atoms with Crippen LogP contribution in [-0.4, -0.2) is 36.5 Å². The van der Waals surface area contributed by atoms with Gasteiger partial charge in [0.25, 0.3) is 0 Å². The number of ether oxygens (including phenoxy) is 4. The average molecular weight is 242 g/mol. The van der Waals surface area contributed by atoms with E-state index in [1.54, 1.807) is 0 Å². The molecule has 0 amide bonds. The molecule has 4 heteroatoms. The average Bonchev–Trinajstić information content (AvgIpc) is 2.67. The number of rotatable bonds is 3. The van der Waals surface area contributed by atoms with Crippen molar-refractivity contribution in [1.82, 2.24) is 0 Å². The van der Waals surface area contributed by atoms with Crippen molar-refractivity contribution in [2.24, 2.45) is 0 Å². The molecule has 2 heterocycles. The van der Waals surface area contributed by atoms with Crippen LogP contribution >= 0.6 is 0 Å². The topological polar surface area (TPSA) is 36.9 Å². The number of hydrogen-bond donors (Lipinski definition) is 0. The van der Waals surface area contributed by atoms with E-state index in [0.717, 1.165) is 6.42 Å². The summed E-state index contributed by atoms with van der Waals surface area (Å²) in [4.78, 5) is 0. The summed E-state index contributed by atoms with van der Waals surface area (Å²) in [6.45, 7) is 12.0. The third kappa shape index (κ3) is 2.88. The zero-order valence-corrected chi connectivity index (χ0v) is 11.1. The highest BCUT2D eigenvalue weighted by atomic mass is 16.8. The van der Waals surface area contributed by atoms with Crippen LogP contribution in [0.4, 0.5) is 0 Å². The molecule has 0 saturated carbocycles. The van der Waals surface area contributed by atoms with Gasteiger partial charge in [-0.1, -0.05) is 6.08 Å². The second-order valence-corrected chi connectivity index (χ2v) is 5.53. The van der Waals surface area contributed by atoms with Crippen LogP contribution in [-0.2, 0) is 18.9 Å². The van der Waals surface area contributed by atoms with Crippen LogP contribution in [0.2, 0.25) is 0 Å². The summed E-state index contributed by atoms with van der Waals surface area (Å²) in [5.74, 6) is -1.09. The van der Waals surface area contributed by atoms with Crippen molar-refractivity contribution in [2.45, 2.75) is 64.0 Å². The van der Waals surface area contributed by atoms with E-state index in [1.165, 1.54) is 0 Å². The molecule has 0 aromatic heterocycles. The Hall–Kier alpha value is -0.420. The van der Waals surface area contributed by atoms with Gasteiger partial charge in [0.2, 0.25) is 0 Å². The van der Waals surface area contributed by atoms with E-state index in [0.29, 0.717) is 6.61 Å². The minimum atomic E-state index is -0.561. The van der Waals surface area contributed by atoms with Gasteiger partial charge in [-0.3, -0.25) is 0 Å². The molecule has 0 aromatic carbocycles. The fourth-order valence-electron chi connectivity index (χ4n) is 2.40. The van der Waals surface area contributed by atoms with E-state index < -0.39 is 11.6 Å². The first kappa shape index (κ1) is 13.0. The Balaban J connectivity index is 2.06. The van der Waals surface area contributed by atoms with E-state index in [9.17, 15) is 0 Å². The molecule has 0 bridgehead atoms. The highest BCUT2D eigenvalue weighted by Crippen LogP contribution is 2.36. The monoisotopic (exact) mass is 242 g/mol. The highest BCUT2D eigenvalue weighted by Gasteiger charge is 2.49. The molecule has 0 spiro atoms. The molecule has 2 fully saturated rings. The summed E-state index contributed by atoms with van der Waals surface area (Å²) in [7, 11) is 0. The highest BCUT2D eigenvalue weighted by molar-refractivity contribution is 4.93. The zero-order chi connectivity index (χ0) is 12.7. The summed E-state index contributed by atoms with van der Waals surface area (Å²) in [6, 6.07) is 0. The van der Waals surface area contributed by atoms with Gasteiger partial charge in [-0.2, -0.15) is 0 Å². The van der Waals surface area contributed by atoms with Crippen molar-refractivity contribution in [2.75, 3.05) is 6.61 Å². The van der Waals surface area contributed by atoms with Gasteiger partial charge in [0, 0.05) is 0 Å². The van der Waals surface area contributed by atoms with Crippen molar-refractivity contribution in [3.63, 3.8) is 0 Å². The Morgan fingerprint density at radius 1 is 1.12 bits per heavy atom. The molecule has 3 atom stereocenters. The molecule has 98 valence electrons. The minimum absolute atomic E-state index is 0.00926. The van der Waals surface area contributed by atoms with Crippen molar-refractivity contribution < 1.29 is 18.9 Å². The van der Waals surface area contributed by atoms with Crippen LogP contribution in [0.3, 0.4) is 0 Å². The second-order valence-electron chi connectivity index (χ2n) is 5.53. The SMILES string of the molecule is C=CC[C@H]1OC(C)(C)O[C@@H]1[C@H]1COC(C)(C)O1. The summed E-state index contributed by atoms with van der Waals surface area (Å²) < 4.78 is 23.2. The molecule has 17 heavy (non-hydrogen) atoms. The van der Waals surface area contributed by atoms with Gasteiger partial charge in [-0.05, 0) is 34.1 Å². The molecule has 2 aliphatic heterocycles. The summed E-state index contributed by atoms with van der Waals surface area (Å²) in [5.41, 5.74) is 0. The van der Waals surface area contributed by atoms with Crippen LogP contribution < -0.4 is 0 Å². The lowest BCUT2D eigenvalue weighted by Gasteiger charge is -2.23. The Morgan fingerprint density at radius 2 is 1.82 bits per heavy atom. The maximum absolute atomic E-state index is 5.92. The molecule has 0 aromatic rings. The molecule has 0 radical (unpaired) electrons. The first-order valence-electron chi connectivity index (χ1n) is 6.11. The minimum Gasteiger partial charge on any atom is -0.348 e. The fraction of sp³-hybridized carbons (Fsp3) is 0.846. The molecular weight excluding hydrogens is 220 g/mol. The molecule has 2 rings (SSSR count). The molecule has 0 unspecified atom stereocenters. The van der Waals surface area contributed by atoms with E-state index >= 15 is 0 Å². The quantitative estimate of drug-likeness (QED) is 0.711. The normalized spacial score (nSPS) is 39.4. The van der Waals surface area contributed by atoms with E-state index in [-0.39, 0.29) is 18.3 Å². The largest absolute Gasteiger partial charge is 0.348 e. The first-order chi connectivity index (χ1) is 7.83. The van der Waals surface area contributed by atoms with Crippen molar-refractivity contribution in [3.05, 3.63) is 12.7 Å².